The lowest BCUT2D eigenvalue weighted by Gasteiger charge is -2.25. The van der Waals surface area contributed by atoms with Crippen molar-refractivity contribution in [3.63, 3.8) is 0 Å². The first-order chi connectivity index (χ1) is 14.5. The molecule has 1 aromatic carbocycles. The number of amides is 1. The van der Waals surface area contributed by atoms with Crippen LogP contribution >= 0.6 is 0 Å². The molecule has 2 fully saturated rings. The van der Waals surface area contributed by atoms with Crippen molar-refractivity contribution in [3.05, 3.63) is 59.1 Å². The Labute approximate surface area is 174 Å². The molecule has 2 aromatic rings. The average molecular weight is 411 g/mol. The lowest BCUT2D eigenvalue weighted by atomic mass is 9.99. The minimum atomic E-state index is -0.797. The van der Waals surface area contributed by atoms with E-state index in [1.54, 1.807) is 43.3 Å². The van der Waals surface area contributed by atoms with Crippen molar-refractivity contribution < 1.29 is 28.6 Å². The van der Waals surface area contributed by atoms with Gasteiger partial charge in [-0.25, -0.2) is 0 Å². The maximum atomic E-state index is 12.9. The molecule has 2 saturated heterocycles. The second kappa shape index (κ2) is 8.36. The van der Waals surface area contributed by atoms with E-state index in [4.69, 9.17) is 13.9 Å². The third-order valence-corrected chi connectivity index (χ3v) is 5.43. The van der Waals surface area contributed by atoms with E-state index in [1.165, 1.54) is 4.90 Å². The van der Waals surface area contributed by atoms with Gasteiger partial charge in [-0.3, -0.25) is 9.59 Å². The van der Waals surface area contributed by atoms with Gasteiger partial charge in [0.2, 0.25) is 0 Å². The third-order valence-electron chi connectivity index (χ3n) is 5.43. The Morgan fingerprint density at radius 2 is 1.97 bits per heavy atom. The molecular formula is C23H25NO6. The fraction of sp³-hybridized carbons (Fsp3) is 0.391. The summed E-state index contributed by atoms with van der Waals surface area (Å²) in [6, 6.07) is 9.48. The molecule has 158 valence electrons. The van der Waals surface area contributed by atoms with Crippen molar-refractivity contribution in [2.75, 3.05) is 19.8 Å². The Bertz CT molecular complexity index is 968. The molecule has 2 aliphatic rings. The molecule has 4 rings (SSSR count). The zero-order valence-electron chi connectivity index (χ0n) is 17.1. The summed E-state index contributed by atoms with van der Waals surface area (Å²) < 4.78 is 16.9. The molecule has 1 amide bonds. The molecule has 0 unspecified atom stereocenters. The number of carbonyl (C=O) groups excluding carboxylic acids is 2. The number of hydrogen-bond acceptors (Lipinski definition) is 6. The van der Waals surface area contributed by atoms with E-state index in [0.29, 0.717) is 36.0 Å². The molecule has 7 heteroatoms. The van der Waals surface area contributed by atoms with E-state index in [1.807, 2.05) is 6.92 Å². The highest BCUT2D eigenvalue weighted by molar-refractivity contribution is 6.46. The number of nitrogens with zero attached hydrogens (tertiary/aromatic N) is 1. The highest BCUT2D eigenvalue weighted by Crippen LogP contribution is 2.40. The van der Waals surface area contributed by atoms with Crippen LogP contribution in [0.5, 0.6) is 5.75 Å². The number of ketones is 1. The summed E-state index contributed by atoms with van der Waals surface area (Å²) in [5, 5.41) is 11.0. The van der Waals surface area contributed by atoms with E-state index >= 15 is 0 Å². The summed E-state index contributed by atoms with van der Waals surface area (Å²) in [6.45, 7) is 5.12. The summed E-state index contributed by atoms with van der Waals surface area (Å²) in [4.78, 5) is 27.3. The summed E-state index contributed by atoms with van der Waals surface area (Å²) >= 11 is 0. The maximum absolute atomic E-state index is 12.9. The molecule has 2 atom stereocenters. The number of furan rings is 1. The van der Waals surface area contributed by atoms with Gasteiger partial charge >= 0.3 is 0 Å². The SMILES string of the molecule is CCOc1ccc(C(O)=C2C(=O)C(=O)N(C[C@@H]3CCCO3)[C@H]2c2ccc(C)o2)cc1. The molecule has 0 aliphatic carbocycles. The number of benzene rings is 1. The van der Waals surface area contributed by atoms with Gasteiger partial charge in [-0.05, 0) is 63.1 Å². The zero-order chi connectivity index (χ0) is 21.3. The van der Waals surface area contributed by atoms with Crippen molar-refractivity contribution in [1.82, 2.24) is 4.90 Å². The minimum absolute atomic E-state index is 0.0245. The van der Waals surface area contributed by atoms with Gasteiger partial charge in [0.1, 0.15) is 29.1 Å². The van der Waals surface area contributed by atoms with Crippen LogP contribution in [-0.2, 0) is 14.3 Å². The number of aryl methyl sites for hydroxylation is 1. The second-order valence-corrected chi connectivity index (χ2v) is 7.49. The van der Waals surface area contributed by atoms with Crippen LogP contribution in [0.1, 0.15) is 42.9 Å². The van der Waals surface area contributed by atoms with Gasteiger partial charge in [0, 0.05) is 18.7 Å². The molecule has 30 heavy (non-hydrogen) atoms. The highest BCUT2D eigenvalue weighted by atomic mass is 16.5. The summed E-state index contributed by atoms with van der Waals surface area (Å²) in [5.74, 6) is 0.151. The fourth-order valence-electron chi connectivity index (χ4n) is 4.00. The van der Waals surface area contributed by atoms with Crippen LogP contribution in [0.25, 0.3) is 5.76 Å². The lowest BCUT2D eigenvalue weighted by Crippen LogP contribution is -2.36. The number of likely N-dealkylation sites (tertiary alicyclic amines) is 1. The Balaban J connectivity index is 1.76. The van der Waals surface area contributed by atoms with Crippen LogP contribution in [0.4, 0.5) is 0 Å². The van der Waals surface area contributed by atoms with Crippen molar-refractivity contribution in [2.45, 2.75) is 38.8 Å². The molecule has 0 spiro atoms. The Morgan fingerprint density at radius 3 is 2.57 bits per heavy atom. The van der Waals surface area contributed by atoms with Crippen molar-refractivity contribution in [3.8, 4) is 5.75 Å². The van der Waals surface area contributed by atoms with Crippen LogP contribution < -0.4 is 4.74 Å². The first-order valence-electron chi connectivity index (χ1n) is 10.2. The lowest BCUT2D eigenvalue weighted by molar-refractivity contribution is -0.141. The van der Waals surface area contributed by atoms with E-state index in [0.717, 1.165) is 12.8 Å². The quantitative estimate of drug-likeness (QED) is 0.444. The molecule has 0 radical (unpaired) electrons. The average Bonchev–Trinajstić information content (AvgIpc) is 3.46. The van der Waals surface area contributed by atoms with E-state index in [9.17, 15) is 14.7 Å². The van der Waals surface area contributed by atoms with Crippen LogP contribution in [-0.4, -0.2) is 47.6 Å². The standard InChI is InChI=1S/C23H25NO6/c1-3-28-16-9-7-15(8-10-16)21(25)19-20(18-11-6-14(2)30-18)24(23(27)22(19)26)13-17-5-4-12-29-17/h6-11,17,20,25H,3-5,12-13H2,1-2H3/t17-,20-/m0/s1. The van der Waals surface area contributed by atoms with Crippen LogP contribution in [0.2, 0.25) is 0 Å². The fourth-order valence-corrected chi connectivity index (χ4v) is 4.00. The van der Waals surface area contributed by atoms with E-state index in [2.05, 4.69) is 0 Å². The number of hydrogen-bond donors (Lipinski definition) is 1. The zero-order valence-corrected chi connectivity index (χ0v) is 17.1. The summed E-state index contributed by atoms with van der Waals surface area (Å²) in [5.41, 5.74) is 0.457. The largest absolute Gasteiger partial charge is 0.507 e. The molecule has 3 heterocycles. The Kier molecular flexibility index (Phi) is 5.63. The summed E-state index contributed by atoms with van der Waals surface area (Å²) in [7, 11) is 0. The predicted octanol–water partition coefficient (Wildman–Crippen LogP) is 3.59. The van der Waals surface area contributed by atoms with Crippen LogP contribution in [0.15, 0.2) is 46.4 Å². The highest BCUT2D eigenvalue weighted by Gasteiger charge is 2.48. The molecule has 0 saturated carbocycles. The normalized spacial score (nSPS) is 23.3. The smallest absolute Gasteiger partial charge is 0.295 e. The first kappa shape index (κ1) is 20.2. The third kappa shape index (κ3) is 3.73. The van der Waals surface area contributed by atoms with Gasteiger partial charge in [-0.15, -0.1) is 0 Å². The second-order valence-electron chi connectivity index (χ2n) is 7.49. The van der Waals surface area contributed by atoms with Gasteiger partial charge in [-0.1, -0.05) is 0 Å². The molecule has 0 bridgehead atoms. The monoisotopic (exact) mass is 411 g/mol. The van der Waals surface area contributed by atoms with Gasteiger partial charge < -0.3 is 23.9 Å². The molecule has 1 N–H and O–H groups in total. The number of aliphatic hydroxyl groups excluding tert-OH is 1. The van der Waals surface area contributed by atoms with Gasteiger partial charge in [0.25, 0.3) is 11.7 Å². The van der Waals surface area contributed by atoms with Crippen molar-refractivity contribution >= 4 is 17.4 Å². The number of rotatable bonds is 6. The van der Waals surface area contributed by atoms with Crippen molar-refractivity contribution in [2.24, 2.45) is 0 Å². The topological polar surface area (TPSA) is 89.2 Å². The molecule has 2 aliphatic heterocycles. The summed E-state index contributed by atoms with van der Waals surface area (Å²) in [6.07, 6.45) is 1.61. The molecular weight excluding hydrogens is 386 g/mol. The number of aliphatic hydroxyl groups is 1. The van der Waals surface area contributed by atoms with Crippen LogP contribution in [0.3, 0.4) is 0 Å². The van der Waals surface area contributed by atoms with Gasteiger partial charge in [-0.2, -0.15) is 0 Å². The Hall–Kier alpha value is -3.06. The first-order valence-corrected chi connectivity index (χ1v) is 10.2. The Morgan fingerprint density at radius 1 is 1.20 bits per heavy atom. The van der Waals surface area contributed by atoms with Gasteiger partial charge in [0.05, 0.1) is 18.3 Å². The van der Waals surface area contributed by atoms with E-state index < -0.39 is 17.7 Å². The maximum Gasteiger partial charge on any atom is 0.295 e. The van der Waals surface area contributed by atoms with Crippen molar-refractivity contribution in [1.29, 1.82) is 0 Å². The minimum Gasteiger partial charge on any atom is -0.507 e. The van der Waals surface area contributed by atoms with Gasteiger partial charge in [0.15, 0.2) is 0 Å². The van der Waals surface area contributed by atoms with Crippen LogP contribution in [0, 0.1) is 6.92 Å². The van der Waals surface area contributed by atoms with E-state index in [-0.39, 0.29) is 24.0 Å². The number of ether oxygens (including phenoxy) is 2. The number of Topliss-reactive ketones (excluding diaryl/α,β-unsaturated/α-hetero) is 1. The number of carbonyl (C=O) groups is 2. The predicted molar refractivity (Wildman–Crippen MR) is 109 cm³/mol. The molecule has 1 aromatic heterocycles. The molecule has 7 nitrogen and oxygen atoms in total.